The van der Waals surface area contributed by atoms with Crippen molar-refractivity contribution in [2.75, 3.05) is 5.32 Å². The van der Waals surface area contributed by atoms with Crippen molar-refractivity contribution in [2.45, 2.75) is 52.1 Å². The lowest BCUT2D eigenvalue weighted by molar-refractivity contribution is 0.522. The lowest BCUT2D eigenvalue weighted by atomic mass is 10.1. The van der Waals surface area contributed by atoms with Gasteiger partial charge in [-0.15, -0.1) is 0 Å². The first-order valence-corrected chi connectivity index (χ1v) is 7.58. The number of benzene rings is 1. The highest BCUT2D eigenvalue weighted by molar-refractivity contribution is 5.34. The number of aromatic nitrogens is 2. The number of rotatable bonds is 4. The van der Waals surface area contributed by atoms with Crippen LogP contribution in [-0.4, -0.2) is 9.55 Å². The van der Waals surface area contributed by atoms with Gasteiger partial charge >= 0.3 is 0 Å². The van der Waals surface area contributed by atoms with E-state index < -0.39 is 0 Å². The van der Waals surface area contributed by atoms with Crippen molar-refractivity contribution in [3.63, 3.8) is 0 Å². The maximum Gasteiger partial charge on any atom is 0.203 e. The van der Waals surface area contributed by atoms with Crippen LogP contribution in [-0.2, 0) is 6.54 Å². The number of aryl methyl sites for hydroxylation is 2. The molecule has 1 aliphatic carbocycles. The van der Waals surface area contributed by atoms with Crippen LogP contribution in [0.3, 0.4) is 0 Å². The van der Waals surface area contributed by atoms with Crippen LogP contribution in [0.15, 0.2) is 30.5 Å². The molecule has 1 saturated carbocycles. The Morgan fingerprint density at radius 1 is 1.20 bits per heavy atom. The van der Waals surface area contributed by atoms with E-state index in [2.05, 4.69) is 59.2 Å². The summed E-state index contributed by atoms with van der Waals surface area (Å²) in [5, 5.41) is 3.52. The molecule has 0 bridgehead atoms. The third-order valence-corrected chi connectivity index (χ3v) is 4.27. The van der Waals surface area contributed by atoms with Gasteiger partial charge in [0.2, 0.25) is 5.95 Å². The van der Waals surface area contributed by atoms with Crippen LogP contribution < -0.4 is 5.32 Å². The van der Waals surface area contributed by atoms with E-state index >= 15 is 0 Å². The van der Waals surface area contributed by atoms with Gasteiger partial charge in [-0.25, -0.2) is 4.98 Å². The van der Waals surface area contributed by atoms with E-state index in [-0.39, 0.29) is 0 Å². The first kappa shape index (κ1) is 13.2. The molecule has 3 nitrogen and oxygen atoms in total. The molecule has 2 aromatic rings. The highest BCUT2D eigenvalue weighted by atomic mass is 15.2. The van der Waals surface area contributed by atoms with Gasteiger partial charge in [0.15, 0.2) is 0 Å². The first-order chi connectivity index (χ1) is 9.74. The SMILES string of the molecule is Cc1cn(C2CCCC2)c(NCc2ccccc2C)n1. The molecule has 1 aromatic carbocycles. The van der Waals surface area contributed by atoms with Crippen LogP contribution in [0.25, 0.3) is 0 Å². The third-order valence-electron chi connectivity index (χ3n) is 4.27. The molecule has 0 saturated heterocycles. The molecular weight excluding hydrogens is 246 g/mol. The first-order valence-electron chi connectivity index (χ1n) is 7.58. The fourth-order valence-electron chi connectivity index (χ4n) is 3.09. The second-order valence-corrected chi connectivity index (χ2v) is 5.83. The van der Waals surface area contributed by atoms with Crippen molar-refractivity contribution in [3.05, 3.63) is 47.3 Å². The Morgan fingerprint density at radius 3 is 2.70 bits per heavy atom. The molecule has 0 unspecified atom stereocenters. The van der Waals surface area contributed by atoms with Crippen molar-refractivity contribution in [2.24, 2.45) is 0 Å². The molecular formula is C17H23N3. The third kappa shape index (κ3) is 2.72. The molecule has 1 aromatic heterocycles. The summed E-state index contributed by atoms with van der Waals surface area (Å²) in [4.78, 5) is 4.65. The highest BCUT2D eigenvalue weighted by Gasteiger charge is 2.20. The van der Waals surface area contributed by atoms with Crippen LogP contribution in [0.5, 0.6) is 0 Å². The van der Waals surface area contributed by atoms with E-state index in [0.29, 0.717) is 6.04 Å². The Kier molecular flexibility index (Phi) is 3.77. The smallest absolute Gasteiger partial charge is 0.203 e. The normalized spacial score (nSPS) is 15.7. The van der Waals surface area contributed by atoms with Crippen molar-refractivity contribution < 1.29 is 0 Å². The molecule has 1 N–H and O–H groups in total. The van der Waals surface area contributed by atoms with Crippen LogP contribution in [0.1, 0.15) is 48.5 Å². The lowest BCUT2D eigenvalue weighted by Crippen LogP contribution is -2.11. The molecule has 0 atom stereocenters. The summed E-state index contributed by atoms with van der Waals surface area (Å²) in [7, 11) is 0. The highest BCUT2D eigenvalue weighted by Crippen LogP contribution is 2.32. The number of hydrogen-bond acceptors (Lipinski definition) is 2. The number of hydrogen-bond donors (Lipinski definition) is 1. The van der Waals surface area contributed by atoms with E-state index in [1.165, 1.54) is 36.8 Å². The van der Waals surface area contributed by atoms with Crippen molar-refractivity contribution in [3.8, 4) is 0 Å². The van der Waals surface area contributed by atoms with Crippen LogP contribution >= 0.6 is 0 Å². The van der Waals surface area contributed by atoms with Crippen molar-refractivity contribution in [1.82, 2.24) is 9.55 Å². The van der Waals surface area contributed by atoms with Gasteiger partial charge in [-0.3, -0.25) is 0 Å². The van der Waals surface area contributed by atoms with Crippen molar-refractivity contribution in [1.29, 1.82) is 0 Å². The minimum absolute atomic E-state index is 0.635. The zero-order chi connectivity index (χ0) is 13.9. The summed E-state index contributed by atoms with van der Waals surface area (Å²) in [5.74, 6) is 1.03. The van der Waals surface area contributed by atoms with E-state index in [1.807, 2.05) is 0 Å². The van der Waals surface area contributed by atoms with Gasteiger partial charge in [0, 0.05) is 18.8 Å². The Balaban J connectivity index is 1.75. The number of nitrogens with zero attached hydrogens (tertiary/aromatic N) is 2. The van der Waals surface area contributed by atoms with Gasteiger partial charge in [-0.05, 0) is 37.8 Å². The monoisotopic (exact) mass is 269 g/mol. The number of nitrogens with one attached hydrogen (secondary N) is 1. The van der Waals surface area contributed by atoms with Gasteiger partial charge in [-0.1, -0.05) is 37.1 Å². The molecule has 20 heavy (non-hydrogen) atoms. The number of anilines is 1. The van der Waals surface area contributed by atoms with Crippen LogP contribution in [0.4, 0.5) is 5.95 Å². The Labute approximate surface area is 121 Å². The number of imidazole rings is 1. The maximum absolute atomic E-state index is 4.65. The average Bonchev–Trinajstić information content (AvgIpc) is 3.07. The van der Waals surface area contributed by atoms with Crippen molar-refractivity contribution >= 4 is 5.95 Å². The van der Waals surface area contributed by atoms with E-state index in [4.69, 9.17) is 0 Å². The quantitative estimate of drug-likeness (QED) is 0.900. The van der Waals surface area contributed by atoms with Gasteiger partial charge in [0.05, 0.1) is 5.69 Å². The molecule has 1 aliphatic rings. The van der Waals surface area contributed by atoms with Crippen LogP contribution in [0.2, 0.25) is 0 Å². The largest absolute Gasteiger partial charge is 0.352 e. The zero-order valence-electron chi connectivity index (χ0n) is 12.4. The Hall–Kier alpha value is -1.77. The van der Waals surface area contributed by atoms with Gasteiger partial charge in [-0.2, -0.15) is 0 Å². The lowest BCUT2D eigenvalue weighted by Gasteiger charge is -2.16. The molecule has 1 fully saturated rings. The van der Waals surface area contributed by atoms with E-state index in [9.17, 15) is 0 Å². The topological polar surface area (TPSA) is 29.9 Å². The molecule has 3 rings (SSSR count). The van der Waals surface area contributed by atoms with Gasteiger partial charge < -0.3 is 9.88 Å². The fraction of sp³-hybridized carbons (Fsp3) is 0.471. The second kappa shape index (κ2) is 5.70. The molecule has 1 heterocycles. The zero-order valence-corrected chi connectivity index (χ0v) is 12.4. The predicted molar refractivity (Wildman–Crippen MR) is 83.0 cm³/mol. The molecule has 0 aliphatic heterocycles. The molecule has 0 radical (unpaired) electrons. The summed E-state index contributed by atoms with van der Waals surface area (Å²) in [6.07, 6.45) is 7.46. The van der Waals surface area contributed by atoms with Crippen LogP contribution in [0, 0.1) is 13.8 Å². The minimum atomic E-state index is 0.635. The average molecular weight is 269 g/mol. The molecule has 106 valence electrons. The maximum atomic E-state index is 4.65. The Bertz CT molecular complexity index is 580. The molecule has 3 heteroatoms. The summed E-state index contributed by atoms with van der Waals surface area (Å²) >= 11 is 0. The summed E-state index contributed by atoms with van der Waals surface area (Å²) in [5.41, 5.74) is 3.77. The standard InChI is InChI=1S/C17H23N3/c1-13-7-3-4-8-15(13)11-18-17-19-14(2)12-20(17)16-9-5-6-10-16/h3-4,7-8,12,16H,5-6,9-11H2,1-2H3,(H,18,19). The summed E-state index contributed by atoms with van der Waals surface area (Å²) < 4.78 is 2.35. The summed E-state index contributed by atoms with van der Waals surface area (Å²) in [6, 6.07) is 9.15. The van der Waals surface area contributed by atoms with Gasteiger partial charge in [0.25, 0.3) is 0 Å². The summed E-state index contributed by atoms with van der Waals surface area (Å²) in [6.45, 7) is 5.08. The Morgan fingerprint density at radius 2 is 1.95 bits per heavy atom. The van der Waals surface area contributed by atoms with Gasteiger partial charge in [0.1, 0.15) is 0 Å². The fourth-order valence-corrected chi connectivity index (χ4v) is 3.09. The predicted octanol–water partition coefficient (Wildman–Crippen LogP) is 4.23. The molecule has 0 spiro atoms. The second-order valence-electron chi connectivity index (χ2n) is 5.83. The minimum Gasteiger partial charge on any atom is -0.352 e. The van der Waals surface area contributed by atoms with E-state index in [1.54, 1.807) is 0 Å². The van der Waals surface area contributed by atoms with E-state index in [0.717, 1.165) is 18.2 Å². The molecule has 0 amide bonds.